The van der Waals surface area contributed by atoms with Gasteiger partial charge in [-0.25, -0.2) is 8.42 Å². The van der Waals surface area contributed by atoms with E-state index in [2.05, 4.69) is 5.32 Å². The van der Waals surface area contributed by atoms with Gasteiger partial charge in [0.05, 0.1) is 10.6 Å². The fraction of sp³-hybridized carbons (Fsp3) is 0.200. The van der Waals surface area contributed by atoms with Crippen LogP contribution in [0.4, 0.5) is 0 Å². The molecule has 20 heavy (non-hydrogen) atoms. The van der Waals surface area contributed by atoms with Crippen LogP contribution in [0.15, 0.2) is 59.5 Å². The molecule has 3 nitrogen and oxygen atoms in total. The molecule has 0 amide bonds. The molecule has 0 bridgehead atoms. The third-order valence-electron chi connectivity index (χ3n) is 2.93. The first-order valence-corrected chi connectivity index (χ1v) is 7.78. The van der Waals surface area contributed by atoms with Gasteiger partial charge in [0.2, 0.25) is 0 Å². The van der Waals surface area contributed by atoms with E-state index in [1.54, 1.807) is 24.3 Å². The third kappa shape index (κ3) is 4.16. The van der Waals surface area contributed by atoms with E-state index in [4.69, 9.17) is 0 Å². The van der Waals surface area contributed by atoms with Crippen molar-refractivity contribution in [3.8, 4) is 0 Å². The monoisotopic (exact) mass is 355 g/mol. The number of hydrogen-bond donors (Lipinski definition) is 1. The Labute approximate surface area is 130 Å². The summed E-state index contributed by atoms with van der Waals surface area (Å²) in [6.07, 6.45) is 0. The zero-order chi connectivity index (χ0) is 13.7. The Morgan fingerprint density at radius 2 is 1.45 bits per heavy atom. The van der Waals surface area contributed by atoms with Crippen molar-refractivity contribution in [3.63, 3.8) is 0 Å². The van der Waals surface area contributed by atoms with Gasteiger partial charge in [-0.2, -0.15) is 0 Å². The maximum Gasteiger partial charge on any atom is 0.182 e. The maximum absolute atomic E-state index is 12.3. The van der Waals surface area contributed by atoms with Crippen LogP contribution in [0.5, 0.6) is 0 Å². The predicted octanol–water partition coefficient (Wildman–Crippen LogP) is 2.96. The molecule has 1 N–H and O–H groups in total. The lowest BCUT2D eigenvalue weighted by atomic mass is 10.1. The third-order valence-corrected chi connectivity index (χ3v) is 4.61. The average molecular weight is 356 g/mol. The van der Waals surface area contributed by atoms with Gasteiger partial charge in [-0.3, -0.25) is 0 Å². The van der Waals surface area contributed by atoms with Gasteiger partial charge >= 0.3 is 0 Å². The van der Waals surface area contributed by atoms with Crippen LogP contribution in [0.2, 0.25) is 0 Å². The fourth-order valence-electron chi connectivity index (χ4n) is 1.98. The first-order chi connectivity index (χ1) is 9.13. The first-order valence-electron chi connectivity index (χ1n) is 6.12. The lowest BCUT2D eigenvalue weighted by molar-refractivity contribution is 0.595. The molecule has 0 aliphatic carbocycles. The minimum Gasteiger partial charge on any atom is -0.316 e. The van der Waals surface area contributed by atoms with Crippen LogP contribution in [0, 0.1) is 0 Å². The van der Waals surface area contributed by atoms with E-state index >= 15 is 0 Å². The Morgan fingerprint density at radius 3 is 2.05 bits per heavy atom. The normalized spacial score (nSPS) is 10.8. The molecule has 0 atom stereocenters. The Kier molecular flexibility index (Phi) is 6.39. The second-order valence-electron chi connectivity index (χ2n) is 4.37. The molecular formula is C15H18BrNO2S. The molecule has 0 saturated heterocycles. The zero-order valence-corrected chi connectivity index (χ0v) is 13.8. The van der Waals surface area contributed by atoms with Gasteiger partial charge in [0.1, 0.15) is 0 Å². The van der Waals surface area contributed by atoms with Crippen LogP contribution >= 0.6 is 17.0 Å². The second-order valence-corrected chi connectivity index (χ2v) is 6.36. The summed E-state index contributed by atoms with van der Waals surface area (Å²) in [6.45, 7) is 0.667. The second kappa shape index (κ2) is 7.57. The highest BCUT2D eigenvalue weighted by molar-refractivity contribution is 8.93. The summed E-state index contributed by atoms with van der Waals surface area (Å²) in [6, 6.07) is 16.2. The number of benzene rings is 2. The van der Waals surface area contributed by atoms with E-state index in [1.165, 1.54) is 0 Å². The minimum absolute atomic E-state index is 0. The molecule has 0 spiro atoms. The lowest BCUT2D eigenvalue weighted by Gasteiger charge is -2.10. The van der Waals surface area contributed by atoms with Crippen LogP contribution in [0.1, 0.15) is 11.1 Å². The molecule has 2 rings (SSSR count). The van der Waals surface area contributed by atoms with E-state index in [0.717, 1.165) is 11.1 Å². The number of sulfone groups is 1. The molecule has 2 aromatic carbocycles. The van der Waals surface area contributed by atoms with Crippen molar-refractivity contribution < 1.29 is 8.42 Å². The van der Waals surface area contributed by atoms with E-state index in [1.807, 2.05) is 37.4 Å². The van der Waals surface area contributed by atoms with E-state index in [0.29, 0.717) is 11.4 Å². The molecule has 5 heteroatoms. The number of nitrogens with one attached hydrogen (secondary N) is 1. The molecule has 2 aromatic rings. The van der Waals surface area contributed by atoms with Crippen molar-refractivity contribution in [1.29, 1.82) is 0 Å². The van der Waals surface area contributed by atoms with Crippen LogP contribution < -0.4 is 5.32 Å². The van der Waals surface area contributed by atoms with Crippen molar-refractivity contribution in [3.05, 3.63) is 65.7 Å². The van der Waals surface area contributed by atoms with Gasteiger partial charge in [0.25, 0.3) is 0 Å². The topological polar surface area (TPSA) is 46.2 Å². The highest BCUT2D eigenvalue weighted by Gasteiger charge is 2.16. The van der Waals surface area contributed by atoms with Crippen molar-refractivity contribution >= 4 is 26.8 Å². The van der Waals surface area contributed by atoms with Gasteiger partial charge in [0.15, 0.2) is 9.84 Å². The molecule has 0 aliphatic rings. The van der Waals surface area contributed by atoms with Crippen LogP contribution in [-0.4, -0.2) is 15.5 Å². The molecule has 0 saturated carbocycles. The Hall–Kier alpha value is -1.17. The Balaban J connectivity index is 0.00000200. The van der Waals surface area contributed by atoms with Gasteiger partial charge in [-0.15, -0.1) is 17.0 Å². The van der Waals surface area contributed by atoms with Crippen molar-refractivity contribution in [2.45, 2.75) is 17.2 Å². The van der Waals surface area contributed by atoms with E-state index < -0.39 is 9.84 Å². The summed E-state index contributed by atoms with van der Waals surface area (Å²) in [4.78, 5) is 0.370. The molecule has 0 aliphatic heterocycles. The molecule has 0 radical (unpaired) electrons. The summed E-state index contributed by atoms with van der Waals surface area (Å²) >= 11 is 0. The SMILES string of the molecule is Br.CNCc1ccccc1CS(=O)(=O)c1ccccc1. The summed E-state index contributed by atoms with van der Waals surface area (Å²) in [5, 5.41) is 3.06. The summed E-state index contributed by atoms with van der Waals surface area (Å²) < 4.78 is 24.7. The van der Waals surface area contributed by atoms with Crippen molar-refractivity contribution in [1.82, 2.24) is 5.32 Å². The minimum atomic E-state index is -3.28. The standard InChI is InChI=1S/C15H17NO2S.BrH/c1-16-11-13-7-5-6-8-14(13)12-19(17,18)15-9-3-2-4-10-15;/h2-10,16H,11-12H2,1H3;1H. The number of rotatable bonds is 5. The van der Waals surface area contributed by atoms with Crippen LogP contribution in [0.3, 0.4) is 0 Å². The van der Waals surface area contributed by atoms with Crippen molar-refractivity contribution in [2.24, 2.45) is 0 Å². The van der Waals surface area contributed by atoms with Gasteiger partial charge in [-0.1, -0.05) is 42.5 Å². The summed E-state index contributed by atoms with van der Waals surface area (Å²) in [7, 11) is -1.43. The van der Waals surface area contributed by atoms with Gasteiger partial charge in [-0.05, 0) is 30.3 Å². The van der Waals surface area contributed by atoms with Crippen LogP contribution in [-0.2, 0) is 22.1 Å². The molecular weight excluding hydrogens is 338 g/mol. The summed E-state index contributed by atoms with van der Waals surface area (Å²) in [5.74, 6) is 0.0366. The largest absolute Gasteiger partial charge is 0.316 e. The fourth-order valence-corrected chi connectivity index (χ4v) is 3.41. The van der Waals surface area contributed by atoms with E-state index in [9.17, 15) is 8.42 Å². The highest BCUT2D eigenvalue weighted by atomic mass is 79.9. The Morgan fingerprint density at radius 1 is 0.900 bits per heavy atom. The molecule has 0 fully saturated rings. The quantitative estimate of drug-likeness (QED) is 0.896. The Bertz CT molecular complexity index is 642. The van der Waals surface area contributed by atoms with Crippen molar-refractivity contribution in [2.75, 3.05) is 7.05 Å². The molecule has 0 unspecified atom stereocenters. The smallest absolute Gasteiger partial charge is 0.182 e. The first kappa shape index (κ1) is 16.9. The predicted molar refractivity (Wildman–Crippen MR) is 86.9 cm³/mol. The number of halogens is 1. The lowest BCUT2D eigenvalue weighted by Crippen LogP contribution is -2.11. The average Bonchev–Trinajstić information content (AvgIpc) is 2.42. The zero-order valence-electron chi connectivity index (χ0n) is 11.2. The molecule has 0 heterocycles. The number of hydrogen-bond acceptors (Lipinski definition) is 3. The summed E-state index contributed by atoms with van der Waals surface area (Å²) in [5.41, 5.74) is 1.87. The van der Waals surface area contributed by atoms with Gasteiger partial charge in [0, 0.05) is 6.54 Å². The maximum atomic E-state index is 12.3. The van der Waals surface area contributed by atoms with Crippen LogP contribution in [0.25, 0.3) is 0 Å². The molecule has 0 aromatic heterocycles. The highest BCUT2D eigenvalue weighted by Crippen LogP contribution is 2.18. The molecule has 108 valence electrons. The van der Waals surface area contributed by atoms with Gasteiger partial charge < -0.3 is 5.32 Å². The van der Waals surface area contributed by atoms with E-state index in [-0.39, 0.29) is 22.7 Å².